The molecule has 0 heterocycles. The topological polar surface area (TPSA) is 52.6 Å². The summed E-state index contributed by atoms with van der Waals surface area (Å²) in [7, 11) is 0. The molecule has 4 nitrogen and oxygen atoms in total. The van der Waals surface area contributed by atoms with Crippen LogP contribution in [-0.4, -0.2) is 25.2 Å². The lowest BCUT2D eigenvalue weighted by Crippen LogP contribution is -2.10. The van der Waals surface area contributed by atoms with E-state index in [1.165, 1.54) is 103 Å². The third kappa shape index (κ3) is 27.1. The third-order valence-electron chi connectivity index (χ3n) is 6.28. The van der Waals surface area contributed by atoms with Crippen LogP contribution in [0.15, 0.2) is 0 Å². The van der Waals surface area contributed by atoms with Crippen molar-refractivity contribution < 1.29 is 19.1 Å². The van der Waals surface area contributed by atoms with E-state index in [2.05, 4.69) is 13.8 Å². The molecular weight excluding hydrogens is 412 g/mol. The van der Waals surface area contributed by atoms with E-state index < -0.39 is 0 Å². The van der Waals surface area contributed by atoms with E-state index in [4.69, 9.17) is 9.47 Å². The Kier molecular flexibility index (Phi) is 26.3. The summed E-state index contributed by atoms with van der Waals surface area (Å²) in [6, 6.07) is 0. The molecule has 0 aliphatic heterocycles. The molecule has 0 bridgehead atoms. The lowest BCUT2D eigenvalue weighted by atomic mass is 10.1. The first kappa shape index (κ1) is 31.9. The highest BCUT2D eigenvalue weighted by molar-refractivity contribution is 5.69. The van der Waals surface area contributed by atoms with Gasteiger partial charge >= 0.3 is 11.9 Å². The fraction of sp³-hybridized carbons (Fsp3) is 0.931. The van der Waals surface area contributed by atoms with Crippen molar-refractivity contribution in [1.29, 1.82) is 0 Å². The molecule has 0 aromatic carbocycles. The van der Waals surface area contributed by atoms with Crippen LogP contribution in [0.2, 0.25) is 0 Å². The summed E-state index contributed by atoms with van der Waals surface area (Å²) in [6.07, 6.45) is 26.9. The molecular formula is C29H56O4. The fourth-order valence-electron chi connectivity index (χ4n) is 4.09. The van der Waals surface area contributed by atoms with Crippen molar-refractivity contribution in [2.45, 2.75) is 162 Å². The van der Waals surface area contributed by atoms with Gasteiger partial charge in [0.25, 0.3) is 0 Å². The van der Waals surface area contributed by atoms with Crippen LogP contribution in [0.25, 0.3) is 0 Å². The highest BCUT2D eigenvalue weighted by Gasteiger charge is 2.05. The van der Waals surface area contributed by atoms with Gasteiger partial charge in [0.1, 0.15) is 0 Å². The summed E-state index contributed by atoms with van der Waals surface area (Å²) in [5, 5.41) is 0. The van der Waals surface area contributed by atoms with E-state index in [9.17, 15) is 9.59 Å². The molecule has 0 N–H and O–H groups in total. The lowest BCUT2D eigenvalue weighted by Gasteiger charge is -2.07. The van der Waals surface area contributed by atoms with E-state index >= 15 is 0 Å². The Balaban J connectivity index is 3.28. The van der Waals surface area contributed by atoms with Crippen LogP contribution in [0.1, 0.15) is 162 Å². The number of carbonyl (C=O) groups excluding carboxylic acids is 2. The Labute approximate surface area is 206 Å². The van der Waals surface area contributed by atoms with Crippen molar-refractivity contribution in [2.75, 3.05) is 13.2 Å². The van der Waals surface area contributed by atoms with Crippen LogP contribution in [0, 0.1) is 0 Å². The molecule has 4 heteroatoms. The third-order valence-corrected chi connectivity index (χ3v) is 6.28. The molecule has 0 aromatic heterocycles. The van der Waals surface area contributed by atoms with E-state index in [1.54, 1.807) is 0 Å². The highest BCUT2D eigenvalue weighted by atomic mass is 16.5. The van der Waals surface area contributed by atoms with Crippen molar-refractivity contribution in [2.24, 2.45) is 0 Å². The molecule has 0 aromatic rings. The molecule has 33 heavy (non-hydrogen) atoms. The molecule has 0 saturated heterocycles. The summed E-state index contributed by atoms with van der Waals surface area (Å²) < 4.78 is 10.5. The molecule has 0 amide bonds. The molecule has 0 rings (SSSR count). The van der Waals surface area contributed by atoms with Crippen LogP contribution in [0.3, 0.4) is 0 Å². The number of ether oxygens (including phenoxy) is 2. The Morgan fingerprint density at radius 2 is 0.667 bits per heavy atom. The summed E-state index contributed by atoms with van der Waals surface area (Å²) in [6.45, 7) is 5.20. The van der Waals surface area contributed by atoms with Gasteiger partial charge in [-0.1, -0.05) is 129 Å². The second kappa shape index (κ2) is 27.2. The van der Waals surface area contributed by atoms with E-state index in [0.29, 0.717) is 32.5 Å². The Bertz CT molecular complexity index is 384. The van der Waals surface area contributed by atoms with Crippen LogP contribution in [-0.2, 0) is 19.1 Å². The van der Waals surface area contributed by atoms with Crippen molar-refractivity contribution in [1.82, 2.24) is 0 Å². The molecule has 0 atom stereocenters. The number of unbranched alkanes of at least 4 members (excludes halogenated alkanes) is 18. The Morgan fingerprint density at radius 1 is 0.394 bits per heavy atom. The second-order valence-electron chi connectivity index (χ2n) is 9.66. The first-order chi connectivity index (χ1) is 16.2. The maximum atomic E-state index is 11.8. The zero-order chi connectivity index (χ0) is 24.2. The number of rotatable bonds is 26. The number of hydrogen-bond acceptors (Lipinski definition) is 4. The lowest BCUT2D eigenvalue weighted by molar-refractivity contribution is -0.146. The summed E-state index contributed by atoms with van der Waals surface area (Å²) in [5.41, 5.74) is 0. The molecule has 0 aliphatic carbocycles. The molecule has 0 aliphatic rings. The number of hydrogen-bond donors (Lipinski definition) is 0. The van der Waals surface area contributed by atoms with Crippen molar-refractivity contribution in [3.63, 3.8) is 0 Å². The van der Waals surface area contributed by atoms with E-state index in [-0.39, 0.29) is 11.9 Å². The molecule has 0 saturated carbocycles. The molecule has 0 radical (unpaired) electrons. The SMILES string of the molecule is CCCCCCCCCCCCC(=O)OCCCOC(=O)CCCCCCCCCCCC. The highest BCUT2D eigenvalue weighted by Crippen LogP contribution is 2.12. The fourth-order valence-corrected chi connectivity index (χ4v) is 4.09. The normalized spacial score (nSPS) is 11.0. The molecule has 196 valence electrons. The zero-order valence-corrected chi connectivity index (χ0v) is 22.3. The van der Waals surface area contributed by atoms with Crippen molar-refractivity contribution in [3.05, 3.63) is 0 Å². The van der Waals surface area contributed by atoms with Gasteiger partial charge in [0.2, 0.25) is 0 Å². The maximum absolute atomic E-state index is 11.8. The smallest absolute Gasteiger partial charge is 0.305 e. The zero-order valence-electron chi connectivity index (χ0n) is 22.3. The van der Waals surface area contributed by atoms with Crippen LogP contribution in [0.4, 0.5) is 0 Å². The Hall–Kier alpha value is -1.06. The van der Waals surface area contributed by atoms with Gasteiger partial charge in [0.05, 0.1) is 13.2 Å². The van der Waals surface area contributed by atoms with Gasteiger partial charge in [0.15, 0.2) is 0 Å². The van der Waals surface area contributed by atoms with Gasteiger partial charge < -0.3 is 9.47 Å². The summed E-state index contributed by atoms with van der Waals surface area (Å²) in [4.78, 5) is 23.5. The molecule has 0 fully saturated rings. The minimum atomic E-state index is -0.119. The average Bonchev–Trinajstić information content (AvgIpc) is 2.81. The standard InChI is InChI=1S/C29H56O4/c1-3-5-7-9-11-13-15-17-19-21-24-28(30)32-26-23-27-33-29(31)25-22-20-18-16-14-12-10-8-6-4-2/h3-27H2,1-2H3. The van der Waals surface area contributed by atoms with Gasteiger partial charge in [-0.2, -0.15) is 0 Å². The van der Waals surface area contributed by atoms with Crippen LogP contribution < -0.4 is 0 Å². The molecule has 0 unspecified atom stereocenters. The van der Waals surface area contributed by atoms with Crippen LogP contribution >= 0.6 is 0 Å². The number of esters is 2. The number of carbonyl (C=O) groups is 2. The summed E-state index contributed by atoms with van der Waals surface area (Å²) >= 11 is 0. The van der Waals surface area contributed by atoms with E-state index in [1.807, 2.05) is 0 Å². The first-order valence-electron chi connectivity index (χ1n) is 14.5. The van der Waals surface area contributed by atoms with Crippen molar-refractivity contribution >= 4 is 11.9 Å². The van der Waals surface area contributed by atoms with Gasteiger partial charge in [-0.15, -0.1) is 0 Å². The summed E-state index contributed by atoms with van der Waals surface area (Å²) in [5.74, 6) is -0.238. The van der Waals surface area contributed by atoms with E-state index in [0.717, 1.165) is 25.7 Å². The minimum Gasteiger partial charge on any atom is -0.466 e. The van der Waals surface area contributed by atoms with Crippen molar-refractivity contribution in [3.8, 4) is 0 Å². The first-order valence-corrected chi connectivity index (χ1v) is 14.5. The minimum absolute atomic E-state index is 0.119. The second-order valence-corrected chi connectivity index (χ2v) is 9.66. The van der Waals surface area contributed by atoms with Gasteiger partial charge in [-0.25, -0.2) is 0 Å². The predicted octanol–water partition coefficient (Wildman–Crippen LogP) is 9.08. The predicted molar refractivity (Wildman–Crippen MR) is 139 cm³/mol. The van der Waals surface area contributed by atoms with Crippen LogP contribution in [0.5, 0.6) is 0 Å². The van der Waals surface area contributed by atoms with Gasteiger partial charge in [0, 0.05) is 19.3 Å². The largest absolute Gasteiger partial charge is 0.466 e. The maximum Gasteiger partial charge on any atom is 0.305 e. The monoisotopic (exact) mass is 468 g/mol. The Morgan fingerprint density at radius 3 is 0.970 bits per heavy atom. The van der Waals surface area contributed by atoms with Gasteiger partial charge in [-0.05, 0) is 12.8 Å². The van der Waals surface area contributed by atoms with Gasteiger partial charge in [-0.3, -0.25) is 9.59 Å². The average molecular weight is 469 g/mol. The quantitative estimate of drug-likeness (QED) is 0.0938. The molecule has 0 spiro atoms.